The number of aliphatic hydroxyl groups excluding tert-OH is 1. The summed E-state index contributed by atoms with van der Waals surface area (Å²) in [6.07, 6.45) is 3.48. The summed E-state index contributed by atoms with van der Waals surface area (Å²) in [4.78, 5) is 0. The first-order valence-corrected chi connectivity index (χ1v) is 6.36. The monoisotopic (exact) mass is 293 g/mol. The summed E-state index contributed by atoms with van der Waals surface area (Å²) in [6, 6.07) is 3.57. The Bertz CT molecular complexity index is 397. The zero-order chi connectivity index (χ0) is 12.4. The molecule has 0 saturated heterocycles. The van der Waals surface area contributed by atoms with E-state index in [2.05, 4.69) is 0 Å². The van der Waals surface area contributed by atoms with Gasteiger partial charge >= 0.3 is 0 Å². The van der Waals surface area contributed by atoms with Gasteiger partial charge in [0.15, 0.2) is 0 Å². The molecule has 18 heavy (non-hydrogen) atoms. The quantitative estimate of drug-likeness (QED) is 0.897. The molecule has 2 rings (SSSR count). The van der Waals surface area contributed by atoms with E-state index in [1.807, 2.05) is 0 Å². The second kappa shape index (κ2) is 6.71. The van der Waals surface area contributed by atoms with Crippen molar-refractivity contribution in [3.8, 4) is 0 Å². The molecule has 1 aliphatic carbocycles. The SMILES string of the molecule is Cl.N[C@@H](c1cc(Cl)ccc1F)[C@H](O)C1CCCC1. The van der Waals surface area contributed by atoms with Crippen LogP contribution in [0.2, 0.25) is 5.02 Å². The fourth-order valence-electron chi connectivity index (χ4n) is 2.55. The lowest BCUT2D eigenvalue weighted by Gasteiger charge is -2.25. The Labute approximate surface area is 118 Å². The van der Waals surface area contributed by atoms with Gasteiger partial charge in [-0.1, -0.05) is 24.4 Å². The van der Waals surface area contributed by atoms with Gasteiger partial charge in [-0.05, 0) is 37.0 Å². The van der Waals surface area contributed by atoms with Gasteiger partial charge in [0.1, 0.15) is 5.82 Å². The Balaban J connectivity index is 0.00000162. The molecule has 0 unspecified atom stereocenters. The van der Waals surface area contributed by atoms with Gasteiger partial charge in [-0.25, -0.2) is 4.39 Å². The van der Waals surface area contributed by atoms with E-state index >= 15 is 0 Å². The number of rotatable bonds is 3. The first kappa shape index (κ1) is 15.7. The molecule has 0 heterocycles. The van der Waals surface area contributed by atoms with Crippen LogP contribution in [0.4, 0.5) is 4.39 Å². The number of hydrogen-bond acceptors (Lipinski definition) is 2. The number of benzene rings is 1. The van der Waals surface area contributed by atoms with E-state index in [1.165, 1.54) is 18.2 Å². The van der Waals surface area contributed by atoms with Gasteiger partial charge in [0, 0.05) is 10.6 Å². The minimum Gasteiger partial charge on any atom is -0.391 e. The summed E-state index contributed by atoms with van der Waals surface area (Å²) < 4.78 is 13.6. The third-order valence-electron chi connectivity index (χ3n) is 3.57. The van der Waals surface area contributed by atoms with Gasteiger partial charge in [-0.15, -0.1) is 12.4 Å². The molecular formula is C13H18Cl2FNO. The van der Waals surface area contributed by atoms with Gasteiger partial charge < -0.3 is 10.8 Å². The largest absolute Gasteiger partial charge is 0.391 e. The highest BCUT2D eigenvalue weighted by Gasteiger charge is 2.30. The summed E-state index contributed by atoms with van der Waals surface area (Å²) in [5.41, 5.74) is 6.24. The van der Waals surface area contributed by atoms with Crippen LogP contribution in [-0.4, -0.2) is 11.2 Å². The van der Waals surface area contributed by atoms with Crippen molar-refractivity contribution in [2.45, 2.75) is 37.8 Å². The Hall–Kier alpha value is -0.350. The summed E-state index contributed by atoms with van der Waals surface area (Å²) in [6.45, 7) is 0. The van der Waals surface area contributed by atoms with Crippen molar-refractivity contribution >= 4 is 24.0 Å². The maximum absolute atomic E-state index is 13.6. The van der Waals surface area contributed by atoms with Crippen LogP contribution in [0, 0.1) is 11.7 Å². The summed E-state index contributed by atoms with van der Waals surface area (Å²) >= 11 is 5.82. The third kappa shape index (κ3) is 3.35. The van der Waals surface area contributed by atoms with E-state index in [4.69, 9.17) is 17.3 Å². The molecule has 0 aliphatic heterocycles. The fourth-order valence-corrected chi connectivity index (χ4v) is 2.73. The van der Waals surface area contributed by atoms with Crippen molar-refractivity contribution < 1.29 is 9.50 Å². The summed E-state index contributed by atoms with van der Waals surface area (Å²) in [5, 5.41) is 10.6. The van der Waals surface area contributed by atoms with Crippen LogP contribution >= 0.6 is 24.0 Å². The Morgan fingerprint density at radius 2 is 1.94 bits per heavy atom. The number of nitrogens with two attached hydrogens (primary N) is 1. The highest BCUT2D eigenvalue weighted by Crippen LogP contribution is 2.33. The normalized spacial score (nSPS) is 19.3. The van der Waals surface area contributed by atoms with E-state index < -0.39 is 18.0 Å². The third-order valence-corrected chi connectivity index (χ3v) is 3.80. The van der Waals surface area contributed by atoms with Crippen LogP contribution in [0.15, 0.2) is 18.2 Å². The Morgan fingerprint density at radius 3 is 2.56 bits per heavy atom. The molecule has 1 aliphatic rings. The molecule has 5 heteroatoms. The van der Waals surface area contributed by atoms with Gasteiger partial charge in [-0.2, -0.15) is 0 Å². The van der Waals surface area contributed by atoms with Gasteiger partial charge in [0.2, 0.25) is 0 Å². The lowest BCUT2D eigenvalue weighted by atomic mass is 9.91. The maximum Gasteiger partial charge on any atom is 0.128 e. The van der Waals surface area contributed by atoms with Gasteiger partial charge in [-0.3, -0.25) is 0 Å². The smallest absolute Gasteiger partial charge is 0.128 e. The molecule has 1 fully saturated rings. The lowest BCUT2D eigenvalue weighted by Crippen LogP contribution is -2.32. The minimum atomic E-state index is -0.697. The molecule has 1 saturated carbocycles. The molecule has 0 spiro atoms. The molecule has 0 radical (unpaired) electrons. The molecular weight excluding hydrogens is 276 g/mol. The maximum atomic E-state index is 13.6. The van der Waals surface area contributed by atoms with Crippen molar-refractivity contribution in [2.75, 3.05) is 0 Å². The van der Waals surface area contributed by atoms with Crippen LogP contribution in [0.3, 0.4) is 0 Å². The second-order valence-corrected chi connectivity index (χ2v) is 5.16. The standard InChI is InChI=1S/C13H17ClFNO.ClH/c14-9-5-6-11(15)10(7-9)12(16)13(17)8-3-1-2-4-8;/h5-8,12-13,17H,1-4,16H2;1H/t12-,13+;/m0./s1. The summed E-state index contributed by atoms with van der Waals surface area (Å²) in [5.74, 6) is -0.220. The first-order valence-electron chi connectivity index (χ1n) is 5.98. The van der Waals surface area contributed by atoms with Crippen molar-refractivity contribution in [3.63, 3.8) is 0 Å². The molecule has 0 bridgehead atoms. The van der Waals surface area contributed by atoms with Crippen molar-refractivity contribution in [2.24, 2.45) is 11.7 Å². The molecule has 2 atom stereocenters. The van der Waals surface area contributed by atoms with Crippen LogP contribution in [0.5, 0.6) is 0 Å². The van der Waals surface area contributed by atoms with E-state index in [0.29, 0.717) is 10.6 Å². The highest BCUT2D eigenvalue weighted by molar-refractivity contribution is 6.30. The van der Waals surface area contributed by atoms with Crippen molar-refractivity contribution in [3.05, 3.63) is 34.6 Å². The molecule has 0 aromatic heterocycles. The van der Waals surface area contributed by atoms with Crippen LogP contribution in [-0.2, 0) is 0 Å². The van der Waals surface area contributed by atoms with Gasteiger partial charge in [0.25, 0.3) is 0 Å². The minimum absolute atomic E-state index is 0. The lowest BCUT2D eigenvalue weighted by molar-refractivity contribution is 0.0833. The molecule has 102 valence electrons. The van der Waals surface area contributed by atoms with Crippen molar-refractivity contribution in [1.82, 2.24) is 0 Å². The summed E-state index contributed by atoms with van der Waals surface area (Å²) in [7, 11) is 0. The second-order valence-electron chi connectivity index (χ2n) is 4.73. The van der Waals surface area contributed by atoms with Crippen LogP contribution < -0.4 is 5.73 Å². The molecule has 1 aromatic rings. The molecule has 2 nitrogen and oxygen atoms in total. The van der Waals surface area contributed by atoms with E-state index in [1.54, 1.807) is 0 Å². The average Bonchev–Trinajstić information content (AvgIpc) is 2.84. The molecule has 0 amide bonds. The number of aliphatic hydroxyl groups is 1. The molecule has 1 aromatic carbocycles. The molecule has 3 N–H and O–H groups in total. The van der Waals surface area contributed by atoms with Crippen LogP contribution in [0.25, 0.3) is 0 Å². The zero-order valence-corrected chi connectivity index (χ0v) is 11.6. The predicted molar refractivity (Wildman–Crippen MR) is 73.6 cm³/mol. The topological polar surface area (TPSA) is 46.2 Å². The van der Waals surface area contributed by atoms with E-state index in [0.717, 1.165) is 25.7 Å². The number of halogens is 3. The Kier molecular flexibility index (Phi) is 5.86. The highest BCUT2D eigenvalue weighted by atomic mass is 35.5. The zero-order valence-electron chi connectivity index (χ0n) is 9.98. The average molecular weight is 294 g/mol. The first-order chi connectivity index (χ1) is 8.09. The number of hydrogen-bond donors (Lipinski definition) is 2. The van der Waals surface area contributed by atoms with Crippen molar-refractivity contribution in [1.29, 1.82) is 0 Å². The fraction of sp³-hybridized carbons (Fsp3) is 0.538. The Morgan fingerprint density at radius 1 is 1.33 bits per heavy atom. The van der Waals surface area contributed by atoms with E-state index in [9.17, 15) is 9.50 Å². The van der Waals surface area contributed by atoms with Gasteiger partial charge in [0.05, 0.1) is 12.1 Å². The van der Waals surface area contributed by atoms with E-state index in [-0.39, 0.29) is 18.3 Å². The predicted octanol–water partition coefficient (Wildman–Crippen LogP) is 3.45. The van der Waals surface area contributed by atoms with Crippen LogP contribution in [0.1, 0.15) is 37.3 Å².